The highest BCUT2D eigenvalue weighted by Gasteiger charge is 2.13. The molecule has 0 fully saturated rings. The average Bonchev–Trinajstić information content (AvgIpc) is 2.28. The van der Waals surface area contributed by atoms with E-state index in [1.54, 1.807) is 0 Å². The Balaban J connectivity index is 2.85. The molecule has 0 aliphatic heterocycles. The number of benzene rings is 1. The van der Waals surface area contributed by atoms with Crippen molar-refractivity contribution in [2.75, 3.05) is 6.61 Å². The van der Waals surface area contributed by atoms with Crippen LogP contribution in [0.1, 0.15) is 44.8 Å². The summed E-state index contributed by atoms with van der Waals surface area (Å²) in [5.41, 5.74) is 0.879. The Hall–Kier alpha value is -0.540. The van der Waals surface area contributed by atoms with Gasteiger partial charge in [0.1, 0.15) is 5.75 Å². The zero-order valence-corrected chi connectivity index (χ0v) is 11.5. The van der Waals surface area contributed by atoms with E-state index in [1.807, 2.05) is 25.1 Å². The minimum Gasteiger partial charge on any atom is -0.493 e. The predicted octanol–water partition coefficient (Wildman–Crippen LogP) is 4.07. The maximum absolute atomic E-state index is 10.1. The summed E-state index contributed by atoms with van der Waals surface area (Å²) in [6, 6.07) is 5.77. The maximum Gasteiger partial charge on any atom is 0.125 e. The average molecular weight is 287 g/mol. The van der Waals surface area contributed by atoms with Crippen LogP contribution in [-0.2, 0) is 0 Å². The maximum atomic E-state index is 10.1. The van der Waals surface area contributed by atoms with Crippen LogP contribution in [0.3, 0.4) is 0 Å². The number of halogens is 1. The molecule has 0 spiro atoms. The van der Waals surface area contributed by atoms with Gasteiger partial charge in [-0.05, 0) is 31.5 Å². The molecule has 1 aromatic carbocycles. The van der Waals surface area contributed by atoms with Crippen molar-refractivity contribution in [1.29, 1.82) is 0 Å². The molecule has 0 radical (unpaired) electrons. The minimum atomic E-state index is -0.431. The van der Waals surface area contributed by atoms with Crippen LogP contribution in [0.25, 0.3) is 0 Å². The van der Waals surface area contributed by atoms with Crippen molar-refractivity contribution >= 4 is 15.9 Å². The summed E-state index contributed by atoms with van der Waals surface area (Å²) in [6.07, 6.45) is 2.47. The largest absolute Gasteiger partial charge is 0.493 e. The molecule has 1 aromatic rings. The van der Waals surface area contributed by atoms with Gasteiger partial charge in [-0.25, -0.2) is 0 Å². The molecule has 1 rings (SSSR count). The summed E-state index contributed by atoms with van der Waals surface area (Å²) in [6.45, 7) is 4.69. The molecule has 2 nitrogen and oxygen atoms in total. The fourth-order valence-electron chi connectivity index (χ4n) is 1.62. The third-order valence-corrected chi connectivity index (χ3v) is 2.96. The van der Waals surface area contributed by atoms with Crippen molar-refractivity contribution in [3.63, 3.8) is 0 Å². The van der Waals surface area contributed by atoms with Gasteiger partial charge in [-0.2, -0.15) is 0 Å². The Kier molecular flexibility index (Phi) is 5.85. The number of ether oxygens (including phenoxy) is 1. The van der Waals surface area contributed by atoms with Crippen molar-refractivity contribution in [3.05, 3.63) is 28.2 Å². The van der Waals surface area contributed by atoms with Gasteiger partial charge in [-0.1, -0.05) is 35.7 Å². The second-order valence-electron chi connectivity index (χ2n) is 3.77. The fourth-order valence-corrected chi connectivity index (χ4v) is 2.00. The number of aliphatic hydroxyl groups excluding tert-OH is 1. The summed E-state index contributed by atoms with van der Waals surface area (Å²) in [5.74, 6) is 0.786. The molecule has 0 heterocycles. The third-order valence-electron chi connectivity index (χ3n) is 2.46. The Labute approximate surface area is 106 Å². The second kappa shape index (κ2) is 6.92. The highest BCUT2D eigenvalue weighted by molar-refractivity contribution is 9.10. The first-order valence-electron chi connectivity index (χ1n) is 5.79. The van der Waals surface area contributed by atoms with Crippen LogP contribution in [0.5, 0.6) is 5.75 Å². The highest BCUT2D eigenvalue weighted by Crippen LogP contribution is 2.31. The van der Waals surface area contributed by atoms with E-state index in [9.17, 15) is 5.11 Å². The molecular formula is C13H19BrO2. The van der Waals surface area contributed by atoms with E-state index in [1.165, 1.54) is 0 Å². The van der Waals surface area contributed by atoms with Gasteiger partial charge in [-0.15, -0.1) is 0 Å². The lowest BCUT2D eigenvalue weighted by Crippen LogP contribution is -2.02. The summed E-state index contributed by atoms with van der Waals surface area (Å²) < 4.78 is 6.49. The first kappa shape index (κ1) is 13.5. The van der Waals surface area contributed by atoms with E-state index in [2.05, 4.69) is 22.9 Å². The molecule has 16 heavy (non-hydrogen) atoms. The summed E-state index contributed by atoms with van der Waals surface area (Å²) >= 11 is 3.42. The lowest BCUT2D eigenvalue weighted by Gasteiger charge is -2.15. The molecular weight excluding hydrogens is 268 g/mol. The van der Waals surface area contributed by atoms with Gasteiger partial charge in [0.25, 0.3) is 0 Å². The third kappa shape index (κ3) is 3.80. The van der Waals surface area contributed by atoms with Gasteiger partial charge in [-0.3, -0.25) is 0 Å². The zero-order chi connectivity index (χ0) is 12.0. The van der Waals surface area contributed by atoms with Crippen LogP contribution in [0.15, 0.2) is 22.7 Å². The van der Waals surface area contributed by atoms with Gasteiger partial charge in [0.2, 0.25) is 0 Å². The van der Waals surface area contributed by atoms with E-state index in [0.717, 1.165) is 35.0 Å². The second-order valence-corrected chi connectivity index (χ2v) is 4.69. The molecule has 0 aliphatic rings. The van der Waals surface area contributed by atoms with E-state index in [0.29, 0.717) is 6.61 Å². The van der Waals surface area contributed by atoms with Crippen molar-refractivity contribution in [1.82, 2.24) is 0 Å². The molecule has 1 unspecified atom stereocenters. The Morgan fingerprint density at radius 1 is 1.38 bits per heavy atom. The van der Waals surface area contributed by atoms with Gasteiger partial charge in [0, 0.05) is 10.0 Å². The van der Waals surface area contributed by atoms with Crippen LogP contribution >= 0.6 is 15.9 Å². The Morgan fingerprint density at radius 2 is 2.12 bits per heavy atom. The van der Waals surface area contributed by atoms with Crippen molar-refractivity contribution in [3.8, 4) is 5.75 Å². The van der Waals surface area contributed by atoms with Crippen LogP contribution < -0.4 is 4.74 Å². The van der Waals surface area contributed by atoms with Crippen molar-refractivity contribution in [2.24, 2.45) is 0 Å². The molecule has 3 heteroatoms. The van der Waals surface area contributed by atoms with Crippen LogP contribution in [0, 0.1) is 0 Å². The van der Waals surface area contributed by atoms with E-state index in [4.69, 9.17) is 4.74 Å². The monoisotopic (exact) mass is 286 g/mol. The molecule has 1 N–H and O–H groups in total. The van der Waals surface area contributed by atoms with E-state index in [-0.39, 0.29) is 0 Å². The first-order valence-corrected chi connectivity index (χ1v) is 6.58. The van der Waals surface area contributed by atoms with Gasteiger partial charge in [0.15, 0.2) is 0 Å². The van der Waals surface area contributed by atoms with E-state index >= 15 is 0 Å². The van der Waals surface area contributed by atoms with Crippen molar-refractivity contribution < 1.29 is 9.84 Å². The molecule has 0 aromatic heterocycles. The summed E-state index contributed by atoms with van der Waals surface area (Å²) in [5, 5.41) is 10.1. The van der Waals surface area contributed by atoms with Gasteiger partial charge < -0.3 is 9.84 Å². The molecule has 1 atom stereocenters. The van der Waals surface area contributed by atoms with Gasteiger partial charge in [0.05, 0.1) is 12.7 Å². The standard InChI is InChI=1S/C13H19BrO2/c1-3-5-6-12(15)11-9-10(14)7-8-13(11)16-4-2/h7-9,12,15H,3-6H2,1-2H3. The fraction of sp³-hybridized carbons (Fsp3) is 0.538. The van der Waals surface area contributed by atoms with Crippen LogP contribution in [0.4, 0.5) is 0 Å². The lowest BCUT2D eigenvalue weighted by molar-refractivity contribution is 0.158. The van der Waals surface area contributed by atoms with Crippen LogP contribution in [0.2, 0.25) is 0 Å². The zero-order valence-electron chi connectivity index (χ0n) is 9.87. The van der Waals surface area contributed by atoms with Crippen LogP contribution in [-0.4, -0.2) is 11.7 Å². The molecule has 90 valence electrons. The van der Waals surface area contributed by atoms with E-state index < -0.39 is 6.10 Å². The Morgan fingerprint density at radius 3 is 2.75 bits per heavy atom. The number of rotatable bonds is 6. The number of aliphatic hydroxyl groups is 1. The highest BCUT2D eigenvalue weighted by atomic mass is 79.9. The number of hydrogen-bond acceptors (Lipinski definition) is 2. The minimum absolute atomic E-state index is 0.431. The first-order chi connectivity index (χ1) is 7.69. The molecule has 0 saturated carbocycles. The smallest absolute Gasteiger partial charge is 0.125 e. The molecule has 0 amide bonds. The number of unbranched alkanes of at least 4 members (excludes halogenated alkanes) is 1. The quantitative estimate of drug-likeness (QED) is 0.854. The summed E-state index contributed by atoms with van der Waals surface area (Å²) in [7, 11) is 0. The molecule has 0 aliphatic carbocycles. The normalized spacial score (nSPS) is 12.5. The lowest BCUT2D eigenvalue weighted by atomic mass is 10.0. The molecule has 0 bridgehead atoms. The topological polar surface area (TPSA) is 29.5 Å². The molecule has 0 saturated heterocycles. The van der Waals surface area contributed by atoms with Gasteiger partial charge >= 0.3 is 0 Å². The SMILES string of the molecule is CCCCC(O)c1cc(Br)ccc1OCC. The number of hydrogen-bond donors (Lipinski definition) is 1. The Bertz CT molecular complexity index is 326. The predicted molar refractivity (Wildman–Crippen MR) is 69.8 cm³/mol. The van der Waals surface area contributed by atoms with Crippen molar-refractivity contribution in [2.45, 2.75) is 39.2 Å². The summed E-state index contributed by atoms with van der Waals surface area (Å²) in [4.78, 5) is 0.